The highest BCUT2D eigenvalue weighted by molar-refractivity contribution is 6.17. The topological polar surface area (TPSA) is 63.4 Å². The third-order valence-electron chi connectivity index (χ3n) is 1.19. The Hall–Kier alpha value is -1.58. The summed E-state index contributed by atoms with van der Waals surface area (Å²) in [6, 6.07) is 0. The Bertz CT molecular complexity index is 241. The van der Waals surface area contributed by atoms with Crippen LogP contribution in [0.15, 0.2) is 24.3 Å². The van der Waals surface area contributed by atoms with Crippen LogP contribution in [-0.2, 0) is 9.59 Å². The summed E-state index contributed by atoms with van der Waals surface area (Å²) >= 11 is 0. The molecule has 0 aromatic carbocycles. The van der Waals surface area contributed by atoms with Crippen LogP contribution in [0.5, 0.6) is 0 Å². The van der Waals surface area contributed by atoms with Gasteiger partial charge in [0.2, 0.25) is 0 Å². The molecule has 12 heavy (non-hydrogen) atoms. The quantitative estimate of drug-likeness (QED) is 0.271. The number of nitrogens with zero attached hydrogens (tertiary/aromatic N) is 1. The number of carbonyl (C=O) groups excluding carboxylic acids is 2. The molecule has 0 rings (SSSR count). The summed E-state index contributed by atoms with van der Waals surface area (Å²) < 4.78 is 0. The number of amides is 2. The number of allylic oxidation sites excluding steroid dienone is 2. The number of hydrogen-bond acceptors (Lipinski definition) is 2. The molecule has 0 heterocycles. The number of nitrogens with two attached hydrogens (primary N) is 1. The molecule has 0 aromatic heterocycles. The zero-order valence-electron chi connectivity index (χ0n) is 7.20. The second kappa shape index (κ2) is 4.33. The van der Waals surface area contributed by atoms with E-state index in [1.165, 1.54) is 17.1 Å². The second-order valence-corrected chi connectivity index (χ2v) is 2.38. The van der Waals surface area contributed by atoms with E-state index in [0.29, 0.717) is 0 Å². The molecule has 4 heteroatoms. The molecule has 0 radical (unpaired) electrons. The summed E-state index contributed by atoms with van der Waals surface area (Å²) in [6.07, 6.45) is 2.64. The maximum absolute atomic E-state index is 11.2. The fourth-order valence-electron chi connectivity index (χ4n) is 0.618. The average Bonchev–Trinajstić information content (AvgIpc) is 1.98. The molecule has 0 spiro atoms. The summed E-state index contributed by atoms with van der Waals surface area (Å²) in [5.41, 5.74) is 4.90. The number of carbonyl (C=O) groups is 2. The van der Waals surface area contributed by atoms with Crippen molar-refractivity contribution in [2.75, 3.05) is 14.1 Å². The molecule has 0 aliphatic rings. The first-order chi connectivity index (χ1) is 5.50. The third-order valence-corrected chi connectivity index (χ3v) is 1.19. The number of likely N-dealkylation sites (N-methyl/N-ethyl adjacent to an activating group) is 1. The van der Waals surface area contributed by atoms with Crippen LogP contribution < -0.4 is 5.73 Å². The SMILES string of the molecule is C=CC=C(C(N)=O)C(=O)N(C)C. The van der Waals surface area contributed by atoms with Crippen LogP contribution >= 0.6 is 0 Å². The average molecular weight is 168 g/mol. The minimum Gasteiger partial charge on any atom is -0.365 e. The Kier molecular flexibility index (Phi) is 3.76. The highest BCUT2D eigenvalue weighted by Crippen LogP contribution is 1.97. The van der Waals surface area contributed by atoms with Gasteiger partial charge in [-0.2, -0.15) is 0 Å². The van der Waals surface area contributed by atoms with Crippen molar-refractivity contribution in [3.8, 4) is 0 Å². The first-order valence-electron chi connectivity index (χ1n) is 3.35. The summed E-state index contributed by atoms with van der Waals surface area (Å²) in [7, 11) is 3.09. The van der Waals surface area contributed by atoms with Gasteiger partial charge in [-0.15, -0.1) is 0 Å². The van der Waals surface area contributed by atoms with Gasteiger partial charge in [0, 0.05) is 14.1 Å². The van der Waals surface area contributed by atoms with Gasteiger partial charge in [-0.1, -0.05) is 12.7 Å². The van der Waals surface area contributed by atoms with E-state index in [0.717, 1.165) is 0 Å². The molecular weight excluding hydrogens is 156 g/mol. The Morgan fingerprint density at radius 2 is 1.92 bits per heavy atom. The molecule has 0 saturated carbocycles. The fourth-order valence-corrected chi connectivity index (χ4v) is 0.618. The zero-order valence-corrected chi connectivity index (χ0v) is 7.20. The Balaban J connectivity index is 4.76. The van der Waals surface area contributed by atoms with Crippen LogP contribution in [0.2, 0.25) is 0 Å². The van der Waals surface area contributed by atoms with E-state index in [1.807, 2.05) is 0 Å². The maximum atomic E-state index is 11.2. The van der Waals surface area contributed by atoms with Crippen LogP contribution in [0, 0.1) is 0 Å². The lowest BCUT2D eigenvalue weighted by molar-refractivity contribution is -0.127. The van der Waals surface area contributed by atoms with E-state index < -0.39 is 11.8 Å². The van der Waals surface area contributed by atoms with Gasteiger partial charge in [0.15, 0.2) is 0 Å². The van der Waals surface area contributed by atoms with Crippen molar-refractivity contribution in [1.29, 1.82) is 0 Å². The van der Waals surface area contributed by atoms with Gasteiger partial charge in [-0.3, -0.25) is 9.59 Å². The monoisotopic (exact) mass is 168 g/mol. The Labute approximate surface area is 71.3 Å². The van der Waals surface area contributed by atoms with Crippen LogP contribution in [0.3, 0.4) is 0 Å². The lowest BCUT2D eigenvalue weighted by Crippen LogP contribution is -2.30. The molecule has 0 bridgehead atoms. The number of primary amides is 1. The molecule has 2 amide bonds. The molecule has 0 saturated heterocycles. The lowest BCUT2D eigenvalue weighted by Gasteiger charge is -2.10. The molecule has 0 aliphatic heterocycles. The van der Waals surface area contributed by atoms with Crippen LogP contribution in [0.1, 0.15) is 0 Å². The summed E-state index contributed by atoms with van der Waals surface area (Å²) in [5, 5.41) is 0. The largest absolute Gasteiger partial charge is 0.365 e. The number of hydrogen-bond donors (Lipinski definition) is 1. The highest BCUT2D eigenvalue weighted by atomic mass is 16.2. The normalized spacial score (nSPS) is 10.7. The minimum absolute atomic E-state index is 0.0602. The standard InChI is InChI=1S/C8H12N2O2/c1-4-5-6(7(9)11)8(12)10(2)3/h4-5H,1H2,2-3H3,(H2,9,11). The predicted molar refractivity (Wildman–Crippen MR) is 46.2 cm³/mol. The van der Waals surface area contributed by atoms with Gasteiger partial charge in [-0.25, -0.2) is 0 Å². The van der Waals surface area contributed by atoms with Crippen molar-refractivity contribution >= 4 is 11.8 Å². The molecule has 0 fully saturated rings. The van der Waals surface area contributed by atoms with Crippen molar-refractivity contribution in [2.45, 2.75) is 0 Å². The van der Waals surface area contributed by atoms with E-state index >= 15 is 0 Å². The summed E-state index contributed by atoms with van der Waals surface area (Å²) in [6.45, 7) is 3.37. The first-order valence-corrected chi connectivity index (χ1v) is 3.35. The Morgan fingerprint density at radius 3 is 2.17 bits per heavy atom. The summed E-state index contributed by atoms with van der Waals surface area (Å²) in [5.74, 6) is -1.16. The molecule has 0 unspecified atom stereocenters. The highest BCUT2D eigenvalue weighted by Gasteiger charge is 2.15. The molecule has 2 N–H and O–H groups in total. The van der Waals surface area contributed by atoms with E-state index in [-0.39, 0.29) is 5.57 Å². The van der Waals surface area contributed by atoms with Crippen LogP contribution in [0.25, 0.3) is 0 Å². The van der Waals surface area contributed by atoms with Crippen molar-refractivity contribution in [3.05, 3.63) is 24.3 Å². The van der Waals surface area contributed by atoms with Gasteiger partial charge in [0.25, 0.3) is 11.8 Å². The second-order valence-electron chi connectivity index (χ2n) is 2.38. The molecule has 66 valence electrons. The number of rotatable bonds is 3. The first kappa shape index (κ1) is 10.4. The van der Waals surface area contributed by atoms with E-state index in [1.54, 1.807) is 14.1 Å². The minimum atomic E-state index is -0.742. The van der Waals surface area contributed by atoms with Crippen molar-refractivity contribution in [3.63, 3.8) is 0 Å². The van der Waals surface area contributed by atoms with Crippen LogP contribution in [-0.4, -0.2) is 30.8 Å². The molecule has 0 aromatic rings. The summed E-state index contributed by atoms with van der Waals surface area (Å²) in [4.78, 5) is 23.2. The molecular formula is C8H12N2O2. The fraction of sp³-hybridized carbons (Fsp3) is 0.250. The van der Waals surface area contributed by atoms with E-state index in [9.17, 15) is 9.59 Å². The van der Waals surface area contributed by atoms with E-state index in [2.05, 4.69) is 6.58 Å². The molecule has 0 atom stereocenters. The predicted octanol–water partition coefficient (Wildman–Crippen LogP) is -0.328. The van der Waals surface area contributed by atoms with Gasteiger partial charge in [0.05, 0.1) is 0 Å². The maximum Gasteiger partial charge on any atom is 0.258 e. The zero-order chi connectivity index (χ0) is 9.72. The molecule has 4 nitrogen and oxygen atoms in total. The lowest BCUT2D eigenvalue weighted by atomic mass is 10.2. The van der Waals surface area contributed by atoms with Gasteiger partial charge in [0.1, 0.15) is 5.57 Å². The van der Waals surface area contributed by atoms with Crippen molar-refractivity contribution in [2.24, 2.45) is 5.73 Å². The Morgan fingerprint density at radius 1 is 1.42 bits per heavy atom. The molecule has 0 aliphatic carbocycles. The van der Waals surface area contributed by atoms with E-state index in [4.69, 9.17) is 5.73 Å². The van der Waals surface area contributed by atoms with Gasteiger partial charge >= 0.3 is 0 Å². The third kappa shape index (κ3) is 2.57. The van der Waals surface area contributed by atoms with Gasteiger partial charge in [-0.05, 0) is 6.08 Å². The smallest absolute Gasteiger partial charge is 0.258 e. The van der Waals surface area contributed by atoms with Gasteiger partial charge < -0.3 is 10.6 Å². The van der Waals surface area contributed by atoms with Crippen molar-refractivity contribution < 1.29 is 9.59 Å². The van der Waals surface area contributed by atoms with Crippen LogP contribution in [0.4, 0.5) is 0 Å². The van der Waals surface area contributed by atoms with Crippen molar-refractivity contribution in [1.82, 2.24) is 4.90 Å².